The molecule has 1 heterocycles. The van der Waals surface area contributed by atoms with Gasteiger partial charge < -0.3 is 5.32 Å². The van der Waals surface area contributed by atoms with E-state index in [4.69, 9.17) is 0 Å². The minimum absolute atomic E-state index is 0.0212. The average Bonchev–Trinajstić information content (AvgIpc) is 2.74. The molecule has 0 saturated heterocycles. The van der Waals surface area contributed by atoms with E-state index in [-0.39, 0.29) is 5.69 Å². The monoisotopic (exact) mass is 370 g/mol. The molecule has 0 aliphatic rings. The maximum Gasteiger partial charge on any atom is 0.270 e. The number of benzene rings is 3. The van der Waals surface area contributed by atoms with Crippen molar-refractivity contribution in [1.29, 1.82) is 0 Å². The van der Waals surface area contributed by atoms with Gasteiger partial charge in [0.2, 0.25) is 0 Å². The highest BCUT2D eigenvalue weighted by molar-refractivity contribution is 5.90. The fraction of sp³-hybridized carbons (Fsp3) is 0.0909. The van der Waals surface area contributed by atoms with Crippen molar-refractivity contribution in [3.63, 3.8) is 0 Å². The lowest BCUT2D eigenvalue weighted by atomic mass is 10.1. The van der Waals surface area contributed by atoms with Gasteiger partial charge in [-0.05, 0) is 24.1 Å². The van der Waals surface area contributed by atoms with E-state index < -0.39 is 4.92 Å². The summed E-state index contributed by atoms with van der Waals surface area (Å²) in [7, 11) is 0. The second-order valence-electron chi connectivity index (χ2n) is 6.38. The van der Waals surface area contributed by atoms with Crippen molar-refractivity contribution in [2.24, 2.45) is 0 Å². The van der Waals surface area contributed by atoms with E-state index in [1.807, 2.05) is 42.5 Å². The summed E-state index contributed by atoms with van der Waals surface area (Å²) in [6.07, 6.45) is 0.866. The van der Waals surface area contributed by atoms with Crippen molar-refractivity contribution in [2.75, 3.05) is 11.9 Å². The highest BCUT2D eigenvalue weighted by Crippen LogP contribution is 2.26. The Morgan fingerprint density at radius 3 is 2.50 bits per heavy atom. The van der Waals surface area contributed by atoms with Crippen LogP contribution < -0.4 is 5.32 Å². The van der Waals surface area contributed by atoms with E-state index in [1.54, 1.807) is 12.1 Å². The number of nitrogens with one attached hydrogen (secondary N) is 1. The number of nitrogens with zero attached hydrogens (tertiary/aromatic N) is 3. The molecule has 0 fully saturated rings. The Morgan fingerprint density at radius 1 is 0.893 bits per heavy atom. The molecule has 0 unspecified atom stereocenters. The van der Waals surface area contributed by atoms with E-state index in [0.717, 1.165) is 29.7 Å². The molecule has 1 N–H and O–H groups in total. The molecule has 0 bridgehead atoms. The van der Waals surface area contributed by atoms with Crippen molar-refractivity contribution in [3.05, 3.63) is 94.5 Å². The number of fused-ring (bicyclic) bond motifs is 1. The first-order valence-electron chi connectivity index (χ1n) is 9.00. The van der Waals surface area contributed by atoms with Crippen molar-refractivity contribution in [1.82, 2.24) is 9.97 Å². The molecule has 3 aromatic carbocycles. The Morgan fingerprint density at radius 2 is 1.68 bits per heavy atom. The molecule has 1 aromatic heterocycles. The van der Waals surface area contributed by atoms with E-state index in [2.05, 4.69) is 27.4 Å². The van der Waals surface area contributed by atoms with Gasteiger partial charge in [-0.1, -0.05) is 54.6 Å². The molecule has 4 rings (SSSR count). The minimum atomic E-state index is -0.413. The molecule has 0 aliphatic heterocycles. The van der Waals surface area contributed by atoms with Crippen LogP contribution in [0.4, 0.5) is 11.5 Å². The SMILES string of the molecule is O=[N+]([O-])c1cccc(-c2nc(NCCc3ccccc3)c3ccccc3n2)c1. The van der Waals surface area contributed by atoms with Gasteiger partial charge in [0, 0.05) is 29.6 Å². The number of hydrogen-bond donors (Lipinski definition) is 1. The summed E-state index contributed by atoms with van der Waals surface area (Å²) < 4.78 is 0. The van der Waals surface area contributed by atoms with E-state index in [1.165, 1.54) is 17.7 Å². The second kappa shape index (κ2) is 7.84. The molecule has 0 spiro atoms. The van der Waals surface area contributed by atoms with Crippen LogP contribution in [0.1, 0.15) is 5.56 Å². The number of anilines is 1. The number of rotatable bonds is 6. The lowest BCUT2D eigenvalue weighted by Gasteiger charge is -2.11. The van der Waals surface area contributed by atoms with Crippen LogP contribution in [0.25, 0.3) is 22.3 Å². The number of nitro groups is 1. The minimum Gasteiger partial charge on any atom is -0.369 e. The predicted molar refractivity (Wildman–Crippen MR) is 110 cm³/mol. The van der Waals surface area contributed by atoms with Crippen LogP contribution in [-0.2, 0) is 6.42 Å². The maximum absolute atomic E-state index is 11.1. The van der Waals surface area contributed by atoms with Crippen LogP contribution in [0.5, 0.6) is 0 Å². The molecular weight excluding hydrogens is 352 g/mol. The summed E-state index contributed by atoms with van der Waals surface area (Å²) in [6, 6.07) is 24.4. The molecule has 0 atom stereocenters. The number of nitro benzene ring substituents is 1. The van der Waals surface area contributed by atoms with Crippen molar-refractivity contribution < 1.29 is 4.92 Å². The zero-order valence-electron chi connectivity index (χ0n) is 15.1. The van der Waals surface area contributed by atoms with Crippen LogP contribution in [-0.4, -0.2) is 21.4 Å². The summed E-state index contributed by atoms with van der Waals surface area (Å²) in [5.41, 5.74) is 2.67. The third kappa shape index (κ3) is 3.81. The van der Waals surface area contributed by atoms with Crippen LogP contribution in [0.2, 0.25) is 0 Å². The summed E-state index contributed by atoms with van der Waals surface area (Å²) in [4.78, 5) is 19.9. The molecule has 28 heavy (non-hydrogen) atoms. The van der Waals surface area contributed by atoms with E-state index in [9.17, 15) is 10.1 Å². The third-order valence-electron chi connectivity index (χ3n) is 4.47. The summed E-state index contributed by atoms with van der Waals surface area (Å²) >= 11 is 0. The standard InChI is InChI=1S/C22H18N4O2/c27-26(28)18-10-6-9-17(15-18)21-24-20-12-5-4-11-19(20)22(25-21)23-14-13-16-7-2-1-3-8-16/h1-12,15H,13-14H2,(H,23,24,25). The van der Waals surface area contributed by atoms with Gasteiger partial charge in [-0.15, -0.1) is 0 Å². The number of hydrogen-bond acceptors (Lipinski definition) is 5. The zero-order chi connectivity index (χ0) is 19.3. The van der Waals surface area contributed by atoms with Crippen LogP contribution >= 0.6 is 0 Å². The number of non-ortho nitro benzene ring substituents is 1. The molecular formula is C22H18N4O2. The first kappa shape index (κ1) is 17.6. The molecule has 138 valence electrons. The molecule has 0 aliphatic carbocycles. The van der Waals surface area contributed by atoms with Gasteiger partial charge in [0.25, 0.3) is 5.69 Å². The maximum atomic E-state index is 11.1. The van der Waals surface area contributed by atoms with Gasteiger partial charge in [-0.3, -0.25) is 10.1 Å². The topological polar surface area (TPSA) is 81.0 Å². The molecule has 6 heteroatoms. The Balaban J connectivity index is 1.67. The molecule has 6 nitrogen and oxygen atoms in total. The highest BCUT2D eigenvalue weighted by Gasteiger charge is 2.12. The average molecular weight is 370 g/mol. The van der Waals surface area contributed by atoms with Crippen LogP contribution in [0, 0.1) is 10.1 Å². The van der Waals surface area contributed by atoms with Gasteiger partial charge >= 0.3 is 0 Å². The summed E-state index contributed by atoms with van der Waals surface area (Å²) in [5, 5.41) is 15.4. The van der Waals surface area contributed by atoms with E-state index >= 15 is 0 Å². The Kier molecular flexibility index (Phi) is 4.93. The van der Waals surface area contributed by atoms with Crippen LogP contribution in [0.3, 0.4) is 0 Å². The van der Waals surface area contributed by atoms with Gasteiger partial charge in [-0.25, -0.2) is 9.97 Å². The summed E-state index contributed by atoms with van der Waals surface area (Å²) in [6.45, 7) is 0.722. The third-order valence-corrected chi connectivity index (χ3v) is 4.47. The molecule has 0 radical (unpaired) electrons. The number of aromatic nitrogens is 2. The van der Waals surface area contributed by atoms with Crippen LogP contribution in [0.15, 0.2) is 78.9 Å². The lowest BCUT2D eigenvalue weighted by molar-refractivity contribution is -0.384. The van der Waals surface area contributed by atoms with Crippen molar-refractivity contribution >= 4 is 22.4 Å². The summed E-state index contributed by atoms with van der Waals surface area (Å²) in [5.74, 6) is 1.19. The molecule has 0 saturated carbocycles. The smallest absolute Gasteiger partial charge is 0.270 e. The normalized spacial score (nSPS) is 10.7. The van der Waals surface area contributed by atoms with Crippen molar-refractivity contribution in [2.45, 2.75) is 6.42 Å². The Hall–Kier alpha value is -3.80. The first-order valence-corrected chi connectivity index (χ1v) is 9.00. The fourth-order valence-electron chi connectivity index (χ4n) is 3.07. The van der Waals surface area contributed by atoms with Gasteiger partial charge in [-0.2, -0.15) is 0 Å². The first-order chi connectivity index (χ1) is 13.7. The Labute approximate surface area is 162 Å². The number of para-hydroxylation sites is 1. The van der Waals surface area contributed by atoms with Gasteiger partial charge in [0.15, 0.2) is 5.82 Å². The van der Waals surface area contributed by atoms with Gasteiger partial charge in [0.1, 0.15) is 5.82 Å². The van der Waals surface area contributed by atoms with Crippen molar-refractivity contribution in [3.8, 4) is 11.4 Å². The largest absolute Gasteiger partial charge is 0.369 e. The second-order valence-corrected chi connectivity index (χ2v) is 6.38. The lowest BCUT2D eigenvalue weighted by Crippen LogP contribution is -2.08. The zero-order valence-corrected chi connectivity index (χ0v) is 15.1. The van der Waals surface area contributed by atoms with E-state index in [0.29, 0.717) is 11.4 Å². The Bertz CT molecular complexity index is 1130. The molecule has 0 amide bonds. The predicted octanol–water partition coefficient (Wildman–Crippen LogP) is 4.86. The van der Waals surface area contributed by atoms with Gasteiger partial charge in [0.05, 0.1) is 10.4 Å². The fourth-order valence-corrected chi connectivity index (χ4v) is 3.07. The molecule has 4 aromatic rings. The quantitative estimate of drug-likeness (QED) is 0.387. The highest BCUT2D eigenvalue weighted by atomic mass is 16.6.